The molecule has 1 fully saturated rings. The third-order valence-electron chi connectivity index (χ3n) is 3.07. The molecule has 84 valence electrons. The van der Waals surface area contributed by atoms with E-state index in [2.05, 4.69) is 10.1 Å². The van der Waals surface area contributed by atoms with E-state index in [0.717, 1.165) is 24.3 Å². The molecule has 0 N–H and O–H groups in total. The van der Waals surface area contributed by atoms with Gasteiger partial charge in [0.05, 0.1) is 5.56 Å². The molecule has 0 saturated carbocycles. The highest BCUT2D eigenvalue weighted by Crippen LogP contribution is 2.26. The van der Waals surface area contributed by atoms with Gasteiger partial charge < -0.3 is 4.90 Å². The lowest BCUT2D eigenvalue weighted by atomic mass is 10.1. The minimum absolute atomic E-state index is 0.416. The van der Waals surface area contributed by atoms with Crippen LogP contribution in [-0.4, -0.2) is 19.0 Å². The summed E-state index contributed by atoms with van der Waals surface area (Å²) in [6.45, 7) is 3.91. The number of amides is 1. The zero-order valence-corrected chi connectivity index (χ0v) is 9.27. The lowest BCUT2D eigenvalue weighted by Gasteiger charge is -2.20. The molecule has 16 heavy (non-hydrogen) atoms. The van der Waals surface area contributed by atoms with Gasteiger partial charge in [0, 0.05) is 24.0 Å². The number of hydrogen-bond donors (Lipinski definition) is 0. The summed E-state index contributed by atoms with van der Waals surface area (Å²) in [6, 6.07) is 5.44. The molecule has 1 amide bonds. The Morgan fingerprint density at radius 3 is 2.62 bits per heavy atom. The first-order chi connectivity index (χ1) is 7.74. The first-order valence-corrected chi connectivity index (χ1v) is 5.46. The largest absolute Gasteiger partial charge is 0.371 e. The van der Waals surface area contributed by atoms with E-state index >= 15 is 0 Å². The molecular weight excluding hydrogens is 204 g/mol. The van der Waals surface area contributed by atoms with Crippen molar-refractivity contribution in [2.45, 2.75) is 19.8 Å². The van der Waals surface area contributed by atoms with Crippen LogP contribution in [0.25, 0.3) is 0 Å². The lowest BCUT2D eigenvalue weighted by molar-refractivity contribution is 0.100. The fourth-order valence-electron chi connectivity index (χ4n) is 2.20. The molecule has 0 aliphatic carbocycles. The van der Waals surface area contributed by atoms with E-state index in [4.69, 9.17) is 0 Å². The Kier molecular flexibility index (Phi) is 2.99. The zero-order valence-electron chi connectivity index (χ0n) is 9.27. The molecule has 0 bridgehead atoms. The lowest BCUT2D eigenvalue weighted by Crippen LogP contribution is -2.19. The van der Waals surface area contributed by atoms with E-state index < -0.39 is 5.91 Å². The van der Waals surface area contributed by atoms with Crippen molar-refractivity contribution in [3.05, 3.63) is 34.2 Å². The predicted molar refractivity (Wildman–Crippen MR) is 62.8 cm³/mol. The highest BCUT2D eigenvalue weighted by Gasteiger charge is 2.18. The Hall–Kier alpha value is -1.71. The van der Waals surface area contributed by atoms with Gasteiger partial charge in [0.25, 0.3) is 0 Å². The van der Waals surface area contributed by atoms with Gasteiger partial charge in [-0.15, -0.1) is 4.91 Å². The summed E-state index contributed by atoms with van der Waals surface area (Å²) >= 11 is 0. The van der Waals surface area contributed by atoms with Crippen molar-refractivity contribution in [2.24, 2.45) is 5.18 Å². The van der Waals surface area contributed by atoms with E-state index in [1.54, 1.807) is 12.1 Å². The standard InChI is InChI=1S/C12H14N2O2/c1-9-10(12(15)13-16)5-4-6-11(9)14-7-2-3-8-14/h4-6H,2-3,7-8H2,1H3. The summed E-state index contributed by atoms with van der Waals surface area (Å²) in [5, 5.41) is 2.48. The summed E-state index contributed by atoms with van der Waals surface area (Å²) in [4.78, 5) is 23.8. The van der Waals surface area contributed by atoms with E-state index in [-0.39, 0.29) is 0 Å². The first kappa shape index (κ1) is 10.8. The van der Waals surface area contributed by atoms with Gasteiger partial charge in [0.15, 0.2) is 0 Å². The summed E-state index contributed by atoms with van der Waals surface area (Å²) in [7, 11) is 0. The van der Waals surface area contributed by atoms with Crippen LogP contribution in [0.4, 0.5) is 5.69 Å². The van der Waals surface area contributed by atoms with Crippen molar-refractivity contribution >= 4 is 11.6 Å². The maximum atomic E-state index is 11.3. The topological polar surface area (TPSA) is 49.7 Å². The Balaban J connectivity index is 2.39. The Morgan fingerprint density at radius 1 is 1.31 bits per heavy atom. The van der Waals surface area contributed by atoms with Gasteiger partial charge in [-0.05, 0) is 37.5 Å². The second kappa shape index (κ2) is 4.43. The van der Waals surface area contributed by atoms with Crippen molar-refractivity contribution in [2.75, 3.05) is 18.0 Å². The van der Waals surface area contributed by atoms with Crippen molar-refractivity contribution < 1.29 is 4.79 Å². The summed E-state index contributed by atoms with van der Waals surface area (Å²) in [6.07, 6.45) is 2.37. The zero-order chi connectivity index (χ0) is 11.5. The van der Waals surface area contributed by atoms with Crippen LogP contribution in [-0.2, 0) is 0 Å². The molecule has 4 heteroatoms. The third-order valence-corrected chi connectivity index (χ3v) is 3.07. The molecule has 1 heterocycles. The molecule has 0 spiro atoms. The van der Waals surface area contributed by atoms with Crippen LogP contribution in [0.3, 0.4) is 0 Å². The van der Waals surface area contributed by atoms with Crippen molar-refractivity contribution in [1.29, 1.82) is 0 Å². The second-order valence-corrected chi connectivity index (χ2v) is 4.04. The van der Waals surface area contributed by atoms with Crippen LogP contribution in [0.15, 0.2) is 23.4 Å². The van der Waals surface area contributed by atoms with Crippen molar-refractivity contribution in [3.8, 4) is 0 Å². The average Bonchev–Trinajstić information content (AvgIpc) is 2.82. The SMILES string of the molecule is Cc1c(C(=O)N=O)cccc1N1CCCC1. The van der Waals surface area contributed by atoms with Crippen LogP contribution in [0.1, 0.15) is 28.8 Å². The number of carbonyl (C=O) groups excluding carboxylic acids is 1. The molecule has 1 aromatic carbocycles. The maximum Gasteiger partial charge on any atom is 0.317 e. The highest BCUT2D eigenvalue weighted by molar-refractivity contribution is 5.97. The van der Waals surface area contributed by atoms with E-state index in [1.807, 2.05) is 13.0 Å². The number of carbonyl (C=O) groups is 1. The van der Waals surface area contributed by atoms with Gasteiger partial charge in [-0.3, -0.25) is 4.79 Å². The van der Waals surface area contributed by atoms with E-state index in [1.165, 1.54) is 12.8 Å². The second-order valence-electron chi connectivity index (χ2n) is 4.04. The molecular formula is C12H14N2O2. The number of nitroso groups, excluding NO2 is 1. The summed E-state index contributed by atoms with van der Waals surface area (Å²) < 4.78 is 0. The number of nitrogens with zero attached hydrogens (tertiary/aromatic N) is 2. The highest BCUT2D eigenvalue weighted by atomic mass is 16.3. The molecule has 1 aromatic rings. The maximum absolute atomic E-state index is 11.3. The van der Waals surface area contributed by atoms with Crippen LogP contribution in [0.2, 0.25) is 0 Å². The smallest absolute Gasteiger partial charge is 0.317 e. The molecule has 4 nitrogen and oxygen atoms in total. The first-order valence-electron chi connectivity index (χ1n) is 5.46. The molecule has 1 aliphatic heterocycles. The Morgan fingerprint density at radius 2 is 2.00 bits per heavy atom. The Bertz CT molecular complexity index is 423. The fraction of sp³-hybridized carbons (Fsp3) is 0.417. The van der Waals surface area contributed by atoms with Gasteiger partial charge in [0.1, 0.15) is 0 Å². The quantitative estimate of drug-likeness (QED) is 0.716. The van der Waals surface area contributed by atoms with Crippen LogP contribution < -0.4 is 4.90 Å². The Labute approximate surface area is 94.2 Å². The minimum atomic E-state index is -0.682. The molecule has 1 saturated heterocycles. The predicted octanol–water partition coefficient (Wildman–Crippen LogP) is 2.50. The fourth-order valence-corrected chi connectivity index (χ4v) is 2.20. The molecule has 0 unspecified atom stereocenters. The molecule has 2 rings (SSSR count). The molecule has 0 aromatic heterocycles. The van der Waals surface area contributed by atoms with Gasteiger partial charge in [0.2, 0.25) is 0 Å². The molecule has 0 radical (unpaired) electrons. The van der Waals surface area contributed by atoms with Gasteiger partial charge in [-0.2, -0.15) is 0 Å². The molecule has 1 aliphatic rings. The van der Waals surface area contributed by atoms with Crippen LogP contribution >= 0.6 is 0 Å². The third kappa shape index (κ3) is 1.83. The summed E-state index contributed by atoms with van der Waals surface area (Å²) in [5.74, 6) is -0.682. The minimum Gasteiger partial charge on any atom is -0.371 e. The normalized spacial score (nSPS) is 15.2. The number of anilines is 1. The van der Waals surface area contributed by atoms with Crippen molar-refractivity contribution in [3.63, 3.8) is 0 Å². The van der Waals surface area contributed by atoms with Crippen molar-refractivity contribution in [1.82, 2.24) is 0 Å². The van der Waals surface area contributed by atoms with Gasteiger partial charge in [-0.1, -0.05) is 6.07 Å². The van der Waals surface area contributed by atoms with Crippen LogP contribution in [0.5, 0.6) is 0 Å². The van der Waals surface area contributed by atoms with Crippen LogP contribution in [0, 0.1) is 11.8 Å². The van der Waals surface area contributed by atoms with Gasteiger partial charge >= 0.3 is 5.91 Å². The number of benzene rings is 1. The molecule has 0 atom stereocenters. The summed E-state index contributed by atoms with van der Waals surface area (Å²) in [5.41, 5.74) is 2.32. The number of rotatable bonds is 2. The van der Waals surface area contributed by atoms with Gasteiger partial charge in [-0.25, -0.2) is 0 Å². The monoisotopic (exact) mass is 218 g/mol. The van der Waals surface area contributed by atoms with E-state index in [9.17, 15) is 9.70 Å². The van der Waals surface area contributed by atoms with E-state index in [0.29, 0.717) is 5.56 Å². The average molecular weight is 218 g/mol. The number of hydrogen-bond acceptors (Lipinski definition) is 3.